The van der Waals surface area contributed by atoms with Gasteiger partial charge in [0, 0.05) is 22.3 Å². The van der Waals surface area contributed by atoms with E-state index >= 15 is 0 Å². The minimum absolute atomic E-state index is 0.133. The minimum Gasteiger partial charge on any atom is -0.489 e. The lowest BCUT2D eigenvalue weighted by atomic mass is 9.95. The molecule has 204 valence electrons. The molecule has 40 heavy (non-hydrogen) atoms. The molecule has 5 aromatic rings. The molecule has 9 nitrogen and oxygen atoms in total. The Hall–Kier alpha value is -4.35. The average Bonchev–Trinajstić information content (AvgIpc) is 3.54. The normalized spacial score (nSPS) is 12.2. The van der Waals surface area contributed by atoms with Crippen molar-refractivity contribution in [3.8, 4) is 16.2 Å². The Morgan fingerprint density at radius 1 is 1.20 bits per heavy atom. The van der Waals surface area contributed by atoms with Crippen molar-refractivity contribution >= 4 is 39.0 Å². The molecule has 3 heterocycles. The zero-order valence-electron chi connectivity index (χ0n) is 21.8. The number of benzene rings is 2. The molecule has 0 aliphatic heterocycles. The number of thiophene rings is 1. The Bertz CT molecular complexity index is 1720. The molecule has 1 aliphatic rings. The topological polar surface area (TPSA) is 117 Å². The Balaban J connectivity index is 1.22. The summed E-state index contributed by atoms with van der Waals surface area (Å²) in [5, 5.41) is 9.20. The molecule has 3 aromatic heterocycles. The van der Waals surface area contributed by atoms with Crippen LogP contribution in [0.2, 0.25) is 0 Å². The van der Waals surface area contributed by atoms with Crippen LogP contribution in [-0.2, 0) is 35.5 Å². The second kappa shape index (κ2) is 11.0. The van der Waals surface area contributed by atoms with E-state index in [0.717, 1.165) is 67.6 Å². The number of aryl methyl sites for hydroxylation is 3. The fraction of sp³-hybridized carbons (Fsp3) is 0.241. The van der Waals surface area contributed by atoms with E-state index in [2.05, 4.69) is 15.3 Å². The number of nitrogens with one attached hydrogen (secondary N) is 1. The van der Waals surface area contributed by atoms with Crippen molar-refractivity contribution in [3.63, 3.8) is 0 Å². The number of aromatic nitrogens is 4. The first-order valence-electron chi connectivity index (χ1n) is 12.9. The summed E-state index contributed by atoms with van der Waals surface area (Å²) >= 11 is 1.63. The van der Waals surface area contributed by atoms with Gasteiger partial charge >= 0.3 is 5.97 Å². The van der Waals surface area contributed by atoms with Crippen LogP contribution in [0.3, 0.4) is 0 Å². The van der Waals surface area contributed by atoms with Crippen molar-refractivity contribution in [1.82, 2.24) is 19.7 Å². The smallest absolute Gasteiger partial charge is 0.319 e. The number of fused-ring (bicyclic) bond motifs is 5. The second-order valence-electron chi connectivity index (χ2n) is 9.51. The van der Waals surface area contributed by atoms with E-state index in [0.29, 0.717) is 6.54 Å². The molecule has 0 radical (unpaired) electrons. The molecule has 2 aromatic carbocycles. The van der Waals surface area contributed by atoms with Crippen molar-refractivity contribution in [3.05, 3.63) is 83.2 Å². The summed E-state index contributed by atoms with van der Waals surface area (Å²) in [5.74, 6) is 0.779. The van der Waals surface area contributed by atoms with Crippen molar-refractivity contribution in [2.24, 2.45) is 5.73 Å². The van der Waals surface area contributed by atoms with Crippen LogP contribution in [0.4, 0.5) is 15.9 Å². The highest BCUT2D eigenvalue weighted by molar-refractivity contribution is 7.22. The highest BCUT2D eigenvalue weighted by atomic mass is 32.1. The summed E-state index contributed by atoms with van der Waals surface area (Å²) in [7, 11) is 0. The molecule has 0 unspecified atom stereocenters. The lowest BCUT2D eigenvalue weighted by molar-refractivity contribution is -0.142. The molecule has 6 rings (SSSR count). The lowest BCUT2D eigenvalue weighted by Gasteiger charge is -2.14. The van der Waals surface area contributed by atoms with Gasteiger partial charge in [-0.15, -0.1) is 11.3 Å². The summed E-state index contributed by atoms with van der Waals surface area (Å²) in [4.78, 5) is 22.5. The molecular weight excluding hydrogens is 531 g/mol. The van der Waals surface area contributed by atoms with Crippen molar-refractivity contribution in [1.29, 1.82) is 0 Å². The molecule has 3 N–H and O–H groups in total. The summed E-state index contributed by atoms with van der Waals surface area (Å²) < 4.78 is 26.3. The first-order valence-corrected chi connectivity index (χ1v) is 13.7. The molecule has 11 heteroatoms. The van der Waals surface area contributed by atoms with Crippen LogP contribution in [0.5, 0.6) is 5.75 Å². The Morgan fingerprint density at radius 2 is 2.10 bits per heavy atom. The molecule has 0 saturated carbocycles. The van der Waals surface area contributed by atoms with Gasteiger partial charge in [0.2, 0.25) is 0 Å². The third-order valence-corrected chi connectivity index (χ3v) is 7.93. The van der Waals surface area contributed by atoms with E-state index in [1.165, 1.54) is 17.7 Å². The lowest BCUT2D eigenvalue weighted by Crippen LogP contribution is -2.19. The molecule has 0 bridgehead atoms. The van der Waals surface area contributed by atoms with Gasteiger partial charge in [-0.25, -0.2) is 14.4 Å². The van der Waals surface area contributed by atoms with Crippen molar-refractivity contribution < 1.29 is 18.7 Å². The highest BCUT2D eigenvalue weighted by Gasteiger charge is 2.26. The van der Waals surface area contributed by atoms with E-state index in [-0.39, 0.29) is 25.6 Å². The maximum atomic E-state index is 13.5. The SMILES string of the molecule is Cc1cc(Nc2ncnc3sc4c(c23)CCc2nn(CCOC(=O)CN)cc2-4)ccc1OCc1cccc(F)c1. The van der Waals surface area contributed by atoms with Crippen molar-refractivity contribution in [2.75, 3.05) is 18.5 Å². The number of nitrogens with two attached hydrogens (primary N) is 1. The van der Waals surface area contributed by atoms with Gasteiger partial charge in [0.1, 0.15) is 41.8 Å². The second-order valence-corrected chi connectivity index (χ2v) is 10.5. The number of hydrogen-bond donors (Lipinski definition) is 2. The summed E-state index contributed by atoms with van der Waals surface area (Å²) in [6.45, 7) is 2.82. The van der Waals surface area contributed by atoms with Gasteiger partial charge in [0.15, 0.2) is 0 Å². The first kappa shape index (κ1) is 25.9. The highest BCUT2D eigenvalue weighted by Crippen LogP contribution is 2.45. The molecule has 0 amide bonds. The predicted molar refractivity (Wildman–Crippen MR) is 151 cm³/mol. The summed E-state index contributed by atoms with van der Waals surface area (Å²) in [6, 6.07) is 12.3. The fourth-order valence-corrected chi connectivity index (χ4v) is 6.08. The molecule has 0 fully saturated rings. The van der Waals surface area contributed by atoms with Gasteiger partial charge < -0.3 is 20.5 Å². The predicted octanol–water partition coefficient (Wildman–Crippen LogP) is 4.93. The van der Waals surface area contributed by atoms with Crippen LogP contribution in [0.1, 0.15) is 22.4 Å². The van der Waals surface area contributed by atoms with E-state index in [1.807, 2.05) is 42.1 Å². The standard InChI is InChI=1S/C29H27FN6O3S/c1-17-11-20(5-8-24(17)39-15-18-3-2-4-19(30)12-18)34-28-26-21-6-7-23-22(27(21)40-29(26)33-16-32-28)14-36(35-23)9-10-38-25(37)13-31/h2-5,8,11-12,14,16H,6-7,9-10,13,15,31H2,1H3,(H,32,33,34). The minimum atomic E-state index is -0.427. The molecular formula is C29H27FN6O3S. The van der Waals surface area contributed by atoms with E-state index in [4.69, 9.17) is 20.3 Å². The van der Waals surface area contributed by atoms with E-state index in [9.17, 15) is 9.18 Å². The van der Waals surface area contributed by atoms with Gasteiger partial charge in [-0.1, -0.05) is 12.1 Å². The van der Waals surface area contributed by atoms with Crippen LogP contribution >= 0.6 is 11.3 Å². The molecule has 0 saturated heterocycles. The fourth-order valence-electron chi connectivity index (χ4n) is 4.86. The Morgan fingerprint density at radius 3 is 2.92 bits per heavy atom. The average molecular weight is 559 g/mol. The number of hydrogen-bond acceptors (Lipinski definition) is 9. The van der Waals surface area contributed by atoms with Gasteiger partial charge in [0.25, 0.3) is 0 Å². The van der Waals surface area contributed by atoms with Crippen LogP contribution in [-0.4, -0.2) is 38.9 Å². The van der Waals surface area contributed by atoms with E-state index < -0.39 is 5.97 Å². The largest absolute Gasteiger partial charge is 0.489 e. The Labute approximate surface area is 233 Å². The van der Waals surface area contributed by atoms with Crippen LogP contribution in [0, 0.1) is 12.7 Å². The Kier molecular flexibility index (Phi) is 7.14. The van der Waals surface area contributed by atoms with Gasteiger partial charge in [0.05, 0.1) is 24.2 Å². The molecule has 0 atom stereocenters. The number of esters is 1. The van der Waals surface area contributed by atoms with E-state index in [1.54, 1.807) is 23.7 Å². The monoisotopic (exact) mass is 558 g/mol. The number of carbonyl (C=O) groups is 1. The third-order valence-electron chi connectivity index (χ3n) is 6.75. The van der Waals surface area contributed by atoms with Crippen molar-refractivity contribution in [2.45, 2.75) is 32.9 Å². The molecule has 1 aliphatic carbocycles. The molecule has 0 spiro atoms. The van der Waals surface area contributed by atoms with Crippen LogP contribution < -0.4 is 15.8 Å². The number of carbonyl (C=O) groups excluding carboxylic acids is 1. The number of anilines is 2. The number of nitrogens with zero attached hydrogens (tertiary/aromatic N) is 4. The summed E-state index contributed by atoms with van der Waals surface area (Å²) in [5.41, 5.74) is 11.2. The number of ether oxygens (including phenoxy) is 2. The summed E-state index contributed by atoms with van der Waals surface area (Å²) in [6.07, 6.45) is 5.21. The van der Waals surface area contributed by atoms with Gasteiger partial charge in [-0.3, -0.25) is 9.48 Å². The van der Waals surface area contributed by atoms with Crippen LogP contribution in [0.25, 0.3) is 20.7 Å². The zero-order valence-corrected chi connectivity index (χ0v) is 22.6. The maximum Gasteiger partial charge on any atom is 0.319 e. The first-order chi connectivity index (χ1) is 19.5. The van der Waals surface area contributed by atoms with Crippen LogP contribution in [0.15, 0.2) is 55.0 Å². The van der Waals surface area contributed by atoms with Gasteiger partial charge in [-0.05, 0) is 66.8 Å². The quantitative estimate of drug-likeness (QED) is 0.245. The zero-order chi connectivity index (χ0) is 27.6. The maximum absolute atomic E-state index is 13.5. The number of halogens is 1. The third kappa shape index (κ3) is 5.25. The van der Waals surface area contributed by atoms with Gasteiger partial charge in [-0.2, -0.15) is 5.10 Å². The number of rotatable bonds is 9.